The van der Waals surface area contributed by atoms with Crippen LogP contribution in [-0.4, -0.2) is 42.0 Å². The minimum Gasteiger partial charge on any atom is -0.393 e. The lowest BCUT2D eigenvalue weighted by Crippen LogP contribution is -2.32. The average Bonchev–Trinajstić information content (AvgIpc) is 2.00. The lowest BCUT2D eigenvalue weighted by atomic mass is 10.2. The highest BCUT2D eigenvalue weighted by molar-refractivity contribution is 7.98. The van der Waals surface area contributed by atoms with Gasteiger partial charge in [0.15, 0.2) is 0 Å². The molecule has 0 fully saturated rings. The van der Waals surface area contributed by atoms with Crippen molar-refractivity contribution in [3.8, 4) is 0 Å². The maximum Gasteiger partial charge on any atom is 0.0768 e. The van der Waals surface area contributed by atoms with Gasteiger partial charge in [-0.3, -0.25) is 0 Å². The molecule has 0 saturated heterocycles. The molecule has 0 radical (unpaired) electrons. The predicted molar refractivity (Wildman–Crippen MR) is 61.8 cm³/mol. The number of thioether (sulfide) groups is 1. The zero-order chi connectivity index (χ0) is 9.56. The summed E-state index contributed by atoms with van der Waals surface area (Å²) in [6.45, 7) is 4.14. The second-order valence-corrected chi connectivity index (χ2v) is 4.52. The SMILES string of the molecule is CSCCN(C)CC(C)C(N)=S. The molecular weight excluding hydrogens is 188 g/mol. The third-order valence-electron chi connectivity index (χ3n) is 1.75. The highest BCUT2D eigenvalue weighted by atomic mass is 32.2. The van der Waals surface area contributed by atoms with E-state index in [9.17, 15) is 0 Å². The molecule has 72 valence electrons. The second-order valence-electron chi connectivity index (χ2n) is 3.06. The summed E-state index contributed by atoms with van der Waals surface area (Å²) >= 11 is 6.75. The molecule has 0 aromatic carbocycles. The van der Waals surface area contributed by atoms with Crippen LogP contribution in [0.3, 0.4) is 0 Å². The Balaban J connectivity index is 3.53. The molecule has 0 saturated carbocycles. The molecule has 1 atom stereocenters. The van der Waals surface area contributed by atoms with Crippen LogP contribution in [0.1, 0.15) is 6.92 Å². The number of hydrogen-bond donors (Lipinski definition) is 1. The van der Waals surface area contributed by atoms with Gasteiger partial charge >= 0.3 is 0 Å². The molecule has 2 nitrogen and oxygen atoms in total. The van der Waals surface area contributed by atoms with E-state index in [0.29, 0.717) is 10.9 Å². The van der Waals surface area contributed by atoms with E-state index in [1.54, 1.807) is 0 Å². The summed E-state index contributed by atoms with van der Waals surface area (Å²) in [7, 11) is 2.10. The smallest absolute Gasteiger partial charge is 0.0768 e. The first-order chi connectivity index (χ1) is 5.57. The van der Waals surface area contributed by atoms with Gasteiger partial charge in [-0.1, -0.05) is 19.1 Å². The molecule has 0 amide bonds. The van der Waals surface area contributed by atoms with Crippen molar-refractivity contribution >= 4 is 29.0 Å². The normalized spacial score (nSPS) is 13.3. The van der Waals surface area contributed by atoms with Crippen molar-refractivity contribution in [2.24, 2.45) is 11.7 Å². The highest BCUT2D eigenvalue weighted by Gasteiger charge is 2.07. The minimum absolute atomic E-state index is 0.326. The summed E-state index contributed by atoms with van der Waals surface area (Å²) < 4.78 is 0. The minimum atomic E-state index is 0.326. The Kier molecular flexibility index (Phi) is 6.80. The van der Waals surface area contributed by atoms with Crippen molar-refractivity contribution in [2.45, 2.75) is 6.92 Å². The summed E-state index contributed by atoms with van der Waals surface area (Å²) in [6.07, 6.45) is 2.12. The fourth-order valence-corrected chi connectivity index (χ4v) is 1.46. The lowest BCUT2D eigenvalue weighted by molar-refractivity contribution is 0.334. The largest absolute Gasteiger partial charge is 0.393 e. The molecule has 2 N–H and O–H groups in total. The van der Waals surface area contributed by atoms with Crippen molar-refractivity contribution < 1.29 is 0 Å². The van der Waals surface area contributed by atoms with E-state index in [2.05, 4.69) is 25.1 Å². The number of rotatable bonds is 6. The summed E-state index contributed by atoms with van der Waals surface area (Å²) in [5.41, 5.74) is 5.51. The zero-order valence-corrected chi connectivity index (χ0v) is 9.67. The first-order valence-corrected chi connectivity index (χ1v) is 5.85. The van der Waals surface area contributed by atoms with Crippen LogP contribution in [0.5, 0.6) is 0 Å². The number of thiocarbonyl (C=S) groups is 1. The lowest BCUT2D eigenvalue weighted by Gasteiger charge is -2.19. The second kappa shape index (κ2) is 6.69. The van der Waals surface area contributed by atoms with E-state index in [1.807, 2.05) is 11.8 Å². The fourth-order valence-electron chi connectivity index (χ4n) is 0.896. The number of nitrogens with zero attached hydrogens (tertiary/aromatic N) is 1. The Morgan fingerprint density at radius 3 is 2.67 bits per heavy atom. The van der Waals surface area contributed by atoms with Gasteiger partial charge in [-0.2, -0.15) is 11.8 Å². The number of nitrogens with two attached hydrogens (primary N) is 1. The summed E-state index contributed by atoms with van der Waals surface area (Å²) in [5, 5.41) is 0. The van der Waals surface area contributed by atoms with Crippen LogP contribution >= 0.6 is 24.0 Å². The Labute approximate surface area is 84.9 Å². The highest BCUT2D eigenvalue weighted by Crippen LogP contribution is 2.00. The van der Waals surface area contributed by atoms with Crippen molar-refractivity contribution in [1.82, 2.24) is 4.90 Å². The Bertz CT molecular complexity index is 139. The fraction of sp³-hybridized carbons (Fsp3) is 0.875. The van der Waals surface area contributed by atoms with Gasteiger partial charge in [0.2, 0.25) is 0 Å². The molecule has 0 aromatic heterocycles. The molecule has 0 aromatic rings. The van der Waals surface area contributed by atoms with E-state index >= 15 is 0 Å². The topological polar surface area (TPSA) is 29.3 Å². The predicted octanol–water partition coefficient (Wildman–Crippen LogP) is 1.20. The monoisotopic (exact) mass is 206 g/mol. The van der Waals surface area contributed by atoms with Crippen LogP contribution in [0.4, 0.5) is 0 Å². The summed E-state index contributed by atoms with van der Waals surface area (Å²) in [4.78, 5) is 2.88. The van der Waals surface area contributed by atoms with Crippen LogP contribution in [0, 0.1) is 5.92 Å². The zero-order valence-electron chi connectivity index (χ0n) is 8.04. The van der Waals surface area contributed by atoms with E-state index in [1.165, 1.54) is 5.75 Å². The van der Waals surface area contributed by atoms with Crippen molar-refractivity contribution in [3.63, 3.8) is 0 Å². The maximum atomic E-state index is 5.51. The molecule has 0 aliphatic heterocycles. The summed E-state index contributed by atoms with van der Waals surface area (Å²) in [5.74, 6) is 1.49. The molecule has 1 unspecified atom stereocenters. The molecular formula is C8H18N2S2. The van der Waals surface area contributed by atoms with Crippen molar-refractivity contribution in [3.05, 3.63) is 0 Å². The third kappa shape index (κ3) is 5.80. The molecule has 12 heavy (non-hydrogen) atoms. The van der Waals surface area contributed by atoms with Crippen LogP contribution in [0.25, 0.3) is 0 Å². The average molecular weight is 206 g/mol. The Morgan fingerprint density at radius 1 is 1.67 bits per heavy atom. The van der Waals surface area contributed by atoms with Crippen LogP contribution < -0.4 is 5.73 Å². The third-order valence-corrected chi connectivity index (χ3v) is 2.74. The van der Waals surface area contributed by atoms with Crippen molar-refractivity contribution in [1.29, 1.82) is 0 Å². The van der Waals surface area contributed by atoms with Gasteiger partial charge in [0.1, 0.15) is 0 Å². The standard InChI is InChI=1S/C8H18N2S2/c1-7(8(9)11)6-10(2)4-5-12-3/h7H,4-6H2,1-3H3,(H2,9,11). The molecule has 0 rings (SSSR count). The molecule has 0 aliphatic carbocycles. The molecule has 4 heteroatoms. The van der Waals surface area contributed by atoms with Crippen molar-refractivity contribution in [2.75, 3.05) is 32.1 Å². The maximum absolute atomic E-state index is 5.51. The van der Waals surface area contributed by atoms with Gasteiger partial charge in [0, 0.05) is 24.8 Å². The molecule has 0 bridgehead atoms. The Hall–Kier alpha value is 0.200. The first kappa shape index (κ1) is 12.2. The van der Waals surface area contributed by atoms with Gasteiger partial charge in [-0.05, 0) is 13.3 Å². The van der Waals surface area contributed by atoms with Gasteiger partial charge in [-0.15, -0.1) is 0 Å². The van der Waals surface area contributed by atoms with Gasteiger partial charge in [0.25, 0.3) is 0 Å². The summed E-state index contributed by atoms with van der Waals surface area (Å²) in [6, 6.07) is 0. The van der Waals surface area contributed by atoms with Gasteiger partial charge in [-0.25, -0.2) is 0 Å². The Morgan fingerprint density at radius 2 is 2.25 bits per heavy atom. The molecule has 0 spiro atoms. The van der Waals surface area contributed by atoms with E-state index < -0.39 is 0 Å². The molecule has 0 heterocycles. The van der Waals surface area contributed by atoms with Crippen LogP contribution in [-0.2, 0) is 0 Å². The van der Waals surface area contributed by atoms with Crippen LogP contribution in [0.15, 0.2) is 0 Å². The van der Waals surface area contributed by atoms with Gasteiger partial charge < -0.3 is 10.6 Å². The van der Waals surface area contributed by atoms with E-state index in [-0.39, 0.29) is 0 Å². The van der Waals surface area contributed by atoms with E-state index in [0.717, 1.165) is 13.1 Å². The van der Waals surface area contributed by atoms with E-state index in [4.69, 9.17) is 18.0 Å². The quantitative estimate of drug-likeness (QED) is 0.661. The molecule has 0 aliphatic rings. The first-order valence-electron chi connectivity index (χ1n) is 4.04. The van der Waals surface area contributed by atoms with Gasteiger partial charge in [0.05, 0.1) is 4.99 Å². The number of hydrogen-bond acceptors (Lipinski definition) is 3. The van der Waals surface area contributed by atoms with Crippen LogP contribution in [0.2, 0.25) is 0 Å².